The molecule has 0 spiro atoms. The number of aryl methyl sites for hydroxylation is 2. The van der Waals surface area contributed by atoms with E-state index in [9.17, 15) is 9.90 Å². The van der Waals surface area contributed by atoms with Crippen molar-refractivity contribution in [2.45, 2.75) is 26.5 Å². The number of aliphatic carboxylic acids is 1. The number of hydrogen-bond donors (Lipinski definition) is 2. The Hall–Kier alpha value is -1.81. The van der Waals surface area contributed by atoms with Gasteiger partial charge in [0.1, 0.15) is 0 Å². The molecular weight excluding hydrogens is 218 g/mol. The number of hydrogen-bond acceptors (Lipinski definition) is 2. The molecule has 0 aliphatic heterocycles. The lowest BCUT2D eigenvalue weighted by molar-refractivity contribution is -0.146. The number of carbonyl (C=O) groups is 1. The van der Waals surface area contributed by atoms with Gasteiger partial charge in [0.2, 0.25) is 0 Å². The summed E-state index contributed by atoms with van der Waals surface area (Å²) in [6.45, 7) is 4.71. The van der Waals surface area contributed by atoms with Crippen LogP contribution < -0.4 is 0 Å². The van der Waals surface area contributed by atoms with E-state index < -0.39 is 12.1 Å². The van der Waals surface area contributed by atoms with Crippen molar-refractivity contribution >= 4 is 16.9 Å². The molecule has 1 aromatic carbocycles. The highest BCUT2D eigenvalue weighted by Crippen LogP contribution is 2.28. The minimum Gasteiger partial charge on any atom is -0.479 e. The Labute approximate surface area is 99.1 Å². The highest BCUT2D eigenvalue weighted by molar-refractivity contribution is 5.90. The molecule has 0 saturated carbocycles. The van der Waals surface area contributed by atoms with E-state index in [1.54, 1.807) is 6.20 Å². The van der Waals surface area contributed by atoms with Crippen LogP contribution in [-0.4, -0.2) is 20.7 Å². The van der Waals surface area contributed by atoms with Crippen molar-refractivity contribution in [1.82, 2.24) is 4.57 Å². The number of carboxylic acid groups (broad SMARTS) is 1. The van der Waals surface area contributed by atoms with E-state index in [0.29, 0.717) is 5.56 Å². The van der Waals surface area contributed by atoms with Crippen molar-refractivity contribution in [1.29, 1.82) is 0 Å². The molecule has 2 N–H and O–H groups in total. The molecule has 1 unspecified atom stereocenters. The highest BCUT2D eigenvalue weighted by atomic mass is 16.4. The molecule has 90 valence electrons. The minimum absolute atomic E-state index is 0.457. The van der Waals surface area contributed by atoms with Crippen molar-refractivity contribution < 1.29 is 15.0 Å². The zero-order valence-electron chi connectivity index (χ0n) is 9.84. The molecule has 17 heavy (non-hydrogen) atoms. The van der Waals surface area contributed by atoms with Crippen LogP contribution in [-0.2, 0) is 11.3 Å². The van der Waals surface area contributed by atoms with Gasteiger partial charge in [0.05, 0.1) is 5.52 Å². The summed E-state index contributed by atoms with van der Waals surface area (Å²) in [6, 6.07) is 5.69. The Kier molecular flexibility index (Phi) is 2.90. The van der Waals surface area contributed by atoms with Gasteiger partial charge in [-0.05, 0) is 19.4 Å². The monoisotopic (exact) mass is 233 g/mol. The van der Waals surface area contributed by atoms with Crippen LogP contribution in [0.4, 0.5) is 0 Å². The topological polar surface area (TPSA) is 62.5 Å². The molecule has 4 nitrogen and oxygen atoms in total. The maximum Gasteiger partial charge on any atom is 0.337 e. The lowest BCUT2D eigenvalue weighted by atomic mass is 10.1. The minimum atomic E-state index is -1.47. The Balaban J connectivity index is 2.74. The second kappa shape index (κ2) is 4.22. The molecule has 4 heteroatoms. The molecule has 0 radical (unpaired) electrons. The smallest absolute Gasteiger partial charge is 0.337 e. The largest absolute Gasteiger partial charge is 0.479 e. The number of benzene rings is 1. The number of carboxylic acids is 1. The van der Waals surface area contributed by atoms with Gasteiger partial charge in [0.25, 0.3) is 0 Å². The first-order valence-electron chi connectivity index (χ1n) is 5.55. The number of nitrogens with zero attached hydrogens (tertiary/aromatic N) is 1. The van der Waals surface area contributed by atoms with Crippen molar-refractivity contribution in [3.8, 4) is 0 Å². The van der Waals surface area contributed by atoms with Crippen LogP contribution in [0.2, 0.25) is 0 Å². The number of para-hydroxylation sites is 1. The normalized spacial score (nSPS) is 12.9. The van der Waals surface area contributed by atoms with Crippen LogP contribution in [0.25, 0.3) is 10.9 Å². The average Bonchev–Trinajstić information content (AvgIpc) is 2.68. The second-order valence-electron chi connectivity index (χ2n) is 4.08. The molecule has 0 amide bonds. The number of aliphatic hydroxyl groups excluding tert-OH is 1. The molecule has 0 aliphatic rings. The van der Waals surface area contributed by atoms with Crippen LogP contribution in [0.3, 0.4) is 0 Å². The third-order valence-electron chi connectivity index (χ3n) is 3.00. The first-order valence-corrected chi connectivity index (χ1v) is 5.55. The fourth-order valence-electron chi connectivity index (χ4n) is 2.18. The molecule has 1 heterocycles. The predicted octanol–water partition coefficient (Wildman–Crippen LogP) is 2.09. The number of aliphatic hydroxyl groups is 1. The Morgan fingerprint density at radius 3 is 2.76 bits per heavy atom. The van der Waals surface area contributed by atoms with E-state index in [0.717, 1.165) is 23.0 Å². The summed E-state index contributed by atoms with van der Waals surface area (Å²) in [4.78, 5) is 10.9. The lowest BCUT2D eigenvalue weighted by Crippen LogP contribution is -2.09. The summed E-state index contributed by atoms with van der Waals surface area (Å²) in [5, 5.41) is 19.4. The summed E-state index contributed by atoms with van der Waals surface area (Å²) in [6.07, 6.45) is 0.253. The Bertz CT molecular complexity index is 571. The molecule has 0 bridgehead atoms. The molecule has 0 fully saturated rings. The zero-order chi connectivity index (χ0) is 12.6. The van der Waals surface area contributed by atoms with E-state index in [4.69, 9.17) is 5.11 Å². The maximum absolute atomic E-state index is 10.9. The summed E-state index contributed by atoms with van der Waals surface area (Å²) in [7, 11) is 0. The first kappa shape index (κ1) is 11.7. The van der Waals surface area contributed by atoms with Gasteiger partial charge >= 0.3 is 5.97 Å². The van der Waals surface area contributed by atoms with Gasteiger partial charge in [-0.3, -0.25) is 0 Å². The highest BCUT2D eigenvalue weighted by Gasteiger charge is 2.21. The van der Waals surface area contributed by atoms with Gasteiger partial charge in [-0.25, -0.2) is 4.79 Å². The number of rotatable bonds is 3. The maximum atomic E-state index is 10.9. The molecule has 2 aromatic rings. The number of fused-ring (bicyclic) bond motifs is 1. The van der Waals surface area contributed by atoms with E-state index in [1.165, 1.54) is 0 Å². The molecule has 1 atom stereocenters. The lowest BCUT2D eigenvalue weighted by Gasteiger charge is -2.04. The average molecular weight is 233 g/mol. The predicted molar refractivity (Wildman–Crippen MR) is 64.9 cm³/mol. The van der Waals surface area contributed by atoms with Gasteiger partial charge < -0.3 is 14.8 Å². The fraction of sp³-hybridized carbons (Fsp3) is 0.308. The van der Waals surface area contributed by atoms with Gasteiger partial charge in [-0.15, -0.1) is 0 Å². The van der Waals surface area contributed by atoms with Crippen LogP contribution >= 0.6 is 0 Å². The number of aromatic nitrogens is 1. The second-order valence-corrected chi connectivity index (χ2v) is 4.08. The quantitative estimate of drug-likeness (QED) is 0.853. The summed E-state index contributed by atoms with van der Waals surface area (Å²) in [5.41, 5.74) is 2.52. The fourth-order valence-corrected chi connectivity index (χ4v) is 2.18. The van der Waals surface area contributed by atoms with Crippen molar-refractivity contribution in [3.05, 3.63) is 35.5 Å². The van der Waals surface area contributed by atoms with Crippen LogP contribution in [0, 0.1) is 6.92 Å². The van der Waals surface area contributed by atoms with Gasteiger partial charge in [-0.1, -0.05) is 18.2 Å². The van der Waals surface area contributed by atoms with E-state index in [2.05, 4.69) is 0 Å². The van der Waals surface area contributed by atoms with Crippen molar-refractivity contribution in [2.75, 3.05) is 0 Å². The summed E-state index contributed by atoms with van der Waals surface area (Å²) < 4.78 is 1.96. The van der Waals surface area contributed by atoms with Crippen LogP contribution in [0.1, 0.15) is 24.2 Å². The van der Waals surface area contributed by atoms with Gasteiger partial charge in [-0.2, -0.15) is 0 Å². The molecule has 1 aromatic heterocycles. The van der Waals surface area contributed by atoms with Crippen LogP contribution in [0.5, 0.6) is 0 Å². The standard InChI is InChI=1S/C13H15NO3/c1-3-14-7-10(12(15)13(16)17)9-6-4-5-8(2)11(9)14/h4-7,12,15H,3H2,1-2H3,(H,16,17). The molecule has 0 saturated heterocycles. The SMILES string of the molecule is CCn1cc(C(O)C(=O)O)c2cccc(C)c21. The summed E-state index contributed by atoms with van der Waals surface area (Å²) in [5.74, 6) is -1.22. The third-order valence-corrected chi connectivity index (χ3v) is 3.00. The van der Waals surface area contributed by atoms with Crippen molar-refractivity contribution in [3.63, 3.8) is 0 Å². The molecule has 2 rings (SSSR count). The first-order chi connectivity index (χ1) is 8.06. The zero-order valence-corrected chi connectivity index (χ0v) is 9.84. The van der Waals surface area contributed by atoms with Crippen molar-refractivity contribution in [2.24, 2.45) is 0 Å². The Morgan fingerprint density at radius 1 is 1.47 bits per heavy atom. The third kappa shape index (κ3) is 1.80. The summed E-state index contributed by atoms with van der Waals surface area (Å²) >= 11 is 0. The van der Waals surface area contributed by atoms with E-state index in [-0.39, 0.29) is 0 Å². The van der Waals surface area contributed by atoms with Gasteiger partial charge in [0.15, 0.2) is 6.10 Å². The van der Waals surface area contributed by atoms with E-state index in [1.807, 2.05) is 36.6 Å². The van der Waals surface area contributed by atoms with Gasteiger partial charge in [0, 0.05) is 23.7 Å². The molecule has 0 aliphatic carbocycles. The Morgan fingerprint density at radius 2 is 2.18 bits per heavy atom. The molecular formula is C13H15NO3. The van der Waals surface area contributed by atoms with Crippen LogP contribution in [0.15, 0.2) is 24.4 Å². The van der Waals surface area contributed by atoms with E-state index >= 15 is 0 Å².